The van der Waals surface area contributed by atoms with Crippen LogP contribution in [0.2, 0.25) is 0 Å². The van der Waals surface area contributed by atoms with E-state index in [0.29, 0.717) is 23.0 Å². The van der Waals surface area contributed by atoms with Crippen LogP contribution in [0.1, 0.15) is 31.2 Å². The lowest BCUT2D eigenvalue weighted by Gasteiger charge is -2.46. The molecule has 1 aliphatic heterocycles. The summed E-state index contributed by atoms with van der Waals surface area (Å²) in [6, 6.07) is 4.51. The van der Waals surface area contributed by atoms with Gasteiger partial charge in [-0.05, 0) is 50.6 Å². The SMILES string of the molecule is C=NC1CCC(N2CC(NC(=O)CNc3nn(C)c4ccc(C(F)(F)F)cc34)C2)CC1. The topological polar surface area (TPSA) is 74.6 Å². The first kappa shape index (κ1) is 21.6. The van der Waals surface area contributed by atoms with Crippen molar-refractivity contribution < 1.29 is 18.0 Å². The highest BCUT2D eigenvalue weighted by Crippen LogP contribution is 2.33. The molecule has 0 atom stereocenters. The Kier molecular flexibility index (Phi) is 5.92. The zero-order valence-electron chi connectivity index (χ0n) is 17.5. The van der Waals surface area contributed by atoms with Crippen molar-refractivity contribution in [3.8, 4) is 0 Å². The highest BCUT2D eigenvalue weighted by atomic mass is 19.4. The Morgan fingerprint density at radius 1 is 1.26 bits per heavy atom. The summed E-state index contributed by atoms with van der Waals surface area (Å²) in [6.45, 7) is 5.23. The number of anilines is 1. The zero-order chi connectivity index (χ0) is 22.2. The number of hydrogen-bond acceptors (Lipinski definition) is 5. The zero-order valence-corrected chi connectivity index (χ0v) is 17.5. The van der Waals surface area contributed by atoms with Crippen molar-refractivity contribution in [2.24, 2.45) is 12.0 Å². The Morgan fingerprint density at radius 3 is 2.61 bits per heavy atom. The van der Waals surface area contributed by atoms with Crippen LogP contribution in [-0.2, 0) is 18.0 Å². The fourth-order valence-electron chi connectivity index (χ4n) is 4.52. The molecule has 0 unspecified atom stereocenters. The highest BCUT2D eigenvalue weighted by Gasteiger charge is 2.35. The second-order valence-electron chi connectivity index (χ2n) is 8.42. The fourth-order valence-corrected chi connectivity index (χ4v) is 4.52. The number of aromatic nitrogens is 2. The van der Waals surface area contributed by atoms with Crippen molar-refractivity contribution in [3.05, 3.63) is 23.8 Å². The number of aryl methyl sites for hydroxylation is 1. The molecule has 2 fully saturated rings. The van der Waals surface area contributed by atoms with Gasteiger partial charge in [0, 0.05) is 37.6 Å². The van der Waals surface area contributed by atoms with Gasteiger partial charge in [0.1, 0.15) is 0 Å². The van der Waals surface area contributed by atoms with E-state index in [2.05, 4.69) is 32.3 Å². The number of rotatable bonds is 6. The summed E-state index contributed by atoms with van der Waals surface area (Å²) < 4.78 is 40.6. The molecule has 2 heterocycles. The van der Waals surface area contributed by atoms with Crippen LogP contribution in [0.5, 0.6) is 0 Å². The van der Waals surface area contributed by atoms with Gasteiger partial charge in [-0.15, -0.1) is 0 Å². The smallest absolute Gasteiger partial charge is 0.359 e. The van der Waals surface area contributed by atoms with Crippen molar-refractivity contribution in [2.45, 2.75) is 50.0 Å². The third-order valence-corrected chi connectivity index (χ3v) is 6.31. The summed E-state index contributed by atoms with van der Waals surface area (Å²) in [5.41, 5.74) is -0.181. The normalized spacial score (nSPS) is 22.8. The second-order valence-corrected chi connectivity index (χ2v) is 8.42. The van der Waals surface area contributed by atoms with Crippen LogP contribution in [-0.4, -0.2) is 65.1 Å². The number of amides is 1. The van der Waals surface area contributed by atoms with E-state index in [9.17, 15) is 18.0 Å². The first-order valence-electron chi connectivity index (χ1n) is 10.5. The molecule has 2 N–H and O–H groups in total. The quantitative estimate of drug-likeness (QED) is 0.683. The summed E-state index contributed by atoms with van der Waals surface area (Å²) in [5.74, 6) is 0.0663. The molecule has 7 nitrogen and oxygen atoms in total. The lowest BCUT2D eigenvalue weighted by Crippen LogP contribution is -2.63. The van der Waals surface area contributed by atoms with Crippen LogP contribution in [0.4, 0.5) is 19.0 Å². The van der Waals surface area contributed by atoms with Crippen LogP contribution in [0.25, 0.3) is 10.9 Å². The minimum Gasteiger partial charge on any atom is -0.359 e. The molecule has 1 aromatic heterocycles. The molecule has 1 saturated carbocycles. The molecule has 1 amide bonds. The lowest BCUT2D eigenvalue weighted by atomic mass is 9.88. The van der Waals surface area contributed by atoms with Crippen molar-refractivity contribution in [3.63, 3.8) is 0 Å². The third kappa shape index (κ3) is 4.68. The van der Waals surface area contributed by atoms with E-state index in [0.717, 1.165) is 50.9 Å². The van der Waals surface area contributed by atoms with Gasteiger partial charge in [-0.3, -0.25) is 19.4 Å². The van der Waals surface area contributed by atoms with Crippen LogP contribution >= 0.6 is 0 Å². The van der Waals surface area contributed by atoms with Crippen LogP contribution in [0.3, 0.4) is 0 Å². The van der Waals surface area contributed by atoms with Gasteiger partial charge < -0.3 is 10.6 Å². The van der Waals surface area contributed by atoms with Crippen LogP contribution < -0.4 is 10.6 Å². The molecule has 0 bridgehead atoms. The lowest BCUT2D eigenvalue weighted by molar-refractivity contribution is -0.137. The standard InChI is InChI=1S/C21H27F3N6O/c1-25-14-4-6-16(7-5-14)30-11-15(12-30)27-19(31)10-26-20-17-9-13(21(22,23)24)3-8-18(17)29(2)28-20/h3,8-9,14-16H,1,4-7,10-12H2,2H3,(H,26,28)(H,27,31). The average molecular weight is 436 g/mol. The summed E-state index contributed by atoms with van der Waals surface area (Å²) >= 11 is 0. The number of nitrogens with one attached hydrogen (secondary N) is 2. The molecule has 2 aromatic rings. The minimum atomic E-state index is -4.43. The van der Waals surface area contributed by atoms with E-state index in [4.69, 9.17) is 0 Å². The number of aliphatic imine (C=N–C) groups is 1. The van der Waals surface area contributed by atoms with Crippen molar-refractivity contribution >= 4 is 29.3 Å². The van der Waals surface area contributed by atoms with Gasteiger partial charge in [-0.2, -0.15) is 18.3 Å². The van der Waals surface area contributed by atoms with Gasteiger partial charge in [0.05, 0.1) is 23.7 Å². The van der Waals surface area contributed by atoms with Crippen molar-refractivity contribution in [1.29, 1.82) is 0 Å². The fraction of sp³-hybridized carbons (Fsp3) is 0.571. The van der Waals surface area contributed by atoms with E-state index in [1.54, 1.807) is 7.05 Å². The number of likely N-dealkylation sites (tertiary alicyclic amines) is 1. The minimum absolute atomic E-state index is 0.0467. The first-order chi connectivity index (χ1) is 14.7. The Hall–Kier alpha value is -2.62. The maximum absolute atomic E-state index is 13.0. The van der Waals surface area contributed by atoms with Crippen molar-refractivity contribution in [1.82, 2.24) is 20.0 Å². The van der Waals surface area contributed by atoms with E-state index in [-0.39, 0.29) is 24.3 Å². The van der Waals surface area contributed by atoms with E-state index < -0.39 is 11.7 Å². The number of hydrogen-bond donors (Lipinski definition) is 2. The predicted molar refractivity (Wildman–Crippen MR) is 113 cm³/mol. The molecule has 0 spiro atoms. The van der Waals surface area contributed by atoms with Crippen LogP contribution in [0.15, 0.2) is 23.2 Å². The van der Waals surface area contributed by atoms with Gasteiger partial charge in [0.2, 0.25) is 5.91 Å². The summed E-state index contributed by atoms with van der Waals surface area (Å²) in [6.07, 6.45) is -0.0766. The average Bonchev–Trinajstić information content (AvgIpc) is 3.03. The maximum atomic E-state index is 13.0. The van der Waals surface area contributed by atoms with Gasteiger partial charge in [-0.1, -0.05) is 0 Å². The number of benzene rings is 1. The molecule has 10 heteroatoms. The van der Waals surface area contributed by atoms with Crippen LogP contribution in [0, 0.1) is 0 Å². The van der Waals surface area contributed by atoms with E-state index in [1.807, 2.05) is 0 Å². The van der Waals surface area contributed by atoms with E-state index >= 15 is 0 Å². The maximum Gasteiger partial charge on any atom is 0.416 e. The summed E-state index contributed by atoms with van der Waals surface area (Å²) in [5, 5.41) is 10.4. The molecule has 31 heavy (non-hydrogen) atoms. The van der Waals surface area contributed by atoms with Gasteiger partial charge in [0.15, 0.2) is 5.82 Å². The van der Waals surface area contributed by atoms with Gasteiger partial charge >= 0.3 is 6.18 Å². The summed E-state index contributed by atoms with van der Waals surface area (Å²) in [7, 11) is 1.66. The first-order valence-corrected chi connectivity index (χ1v) is 10.5. The van der Waals surface area contributed by atoms with E-state index in [1.165, 1.54) is 10.7 Å². The number of nitrogens with zero attached hydrogens (tertiary/aromatic N) is 4. The second kappa shape index (κ2) is 8.49. The molecule has 1 saturated heterocycles. The molecule has 1 aliphatic carbocycles. The Morgan fingerprint density at radius 2 is 1.97 bits per heavy atom. The highest BCUT2D eigenvalue weighted by molar-refractivity contribution is 5.92. The Labute approximate surface area is 178 Å². The monoisotopic (exact) mass is 436 g/mol. The molecule has 168 valence electrons. The third-order valence-electron chi connectivity index (χ3n) is 6.31. The molecule has 4 rings (SSSR count). The van der Waals surface area contributed by atoms with Crippen molar-refractivity contribution in [2.75, 3.05) is 25.0 Å². The number of halogens is 3. The Balaban J connectivity index is 1.28. The summed E-state index contributed by atoms with van der Waals surface area (Å²) in [4.78, 5) is 18.8. The molecule has 2 aliphatic rings. The Bertz CT molecular complexity index is 958. The number of fused-ring (bicyclic) bond motifs is 1. The molecular formula is C21H27F3N6O. The number of carbonyl (C=O) groups excluding carboxylic acids is 1. The van der Waals surface area contributed by atoms with Gasteiger partial charge in [0.25, 0.3) is 0 Å². The van der Waals surface area contributed by atoms with Gasteiger partial charge in [-0.25, -0.2) is 0 Å². The number of carbonyl (C=O) groups is 1. The molecular weight excluding hydrogens is 409 g/mol. The molecule has 0 radical (unpaired) electrons. The predicted octanol–water partition coefficient (Wildman–Crippen LogP) is 2.82. The largest absolute Gasteiger partial charge is 0.416 e. The number of alkyl halides is 3. The molecule has 1 aromatic carbocycles.